The SMILES string of the molecule is COC(=O)C(N)C(C)Cl. The van der Waals surface area contributed by atoms with E-state index in [-0.39, 0.29) is 5.38 Å². The first-order valence-electron chi connectivity index (χ1n) is 2.57. The Bertz CT molecular complexity index is 105. The standard InChI is InChI=1S/C5H10ClNO2/c1-3(6)4(7)5(8)9-2/h3-4H,7H2,1-2H3. The maximum atomic E-state index is 10.5. The highest BCUT2D eigenvalue weighted by molar-refractivity contribution is 6.22. The van der Waals surface area contributed by atoms with E-state index in [0.29, 0.717) is 0 Å². The van der Waals surface area contributed by atoms with Crippen LogP contribution in [0.15, 0.2) is 0 Å². The van der Waals surface area contributed by atoms with Crippen molar-refractivity contribution >= 4 is 17.6 Å². The number of carbonyl (C=O) groups is 1. The molecular weight excluding hydrogens is 142 g/mol. The molecule has 0 radical (unpaired) electrons. The highest BCUT2D eigenvalue weighted by Gasteiger charge is 2.18. The number of rotatable bonds is 2. The van der Waals surface area contributed by atoms with Crippen LogP contribution in [0.5, 0.6) is 0 Å². The zero-order chi connectivity index (χ0) is 7.44. The van der Waals surface area contributed by atoms with Gasteiger partial charge >= 0.3 is 5.97 Å². The van der Waals surface area contributed by atoms with Gasteiger partial charge in [0.05, 0.1) is 12.5 Å². The Labute approximate surface area is 59.1 Å². The second-order valence-electron chi connectivity index (χ2n) is 1.73. The van der Waals surface area contributed by atoms with Crippen molar-refractivity contribution in [2.45, 2.75) is 18.3 Å². The van der Waals surface area contributed by atoms with Crippen LogP contribution in [-0.4, -0.2) is 24.5 Å². The van der Waals surface area contributed by atoms with Crippen molar-refractivity contribution < 1.29 is 9.53 Å². The fourth-order valence-electron chi connectivity index (χ4n) is 0.324. The highest BCUT2D eigenvalue weighted by Crippen LogP contribution is 1.99. The topological polar surface area (TPSA) is 52.3 Å². The number of nitrogens with two attached hydrogens (primary N) is 1. The van der Waals surface area contributed by atoms with E-state index < -0.39 is 12.0 Å². The lowest BCUT2D eigenvalue weighted by atomic mass is 10.2. The van der Waals surface area contributed by atoms with Crippen LogP contribution in [0, 0.1) is 0 Å². The molecule has 2 unspecified atom stereocenters. The molecule has 3 nitrogen and oxygen atoms in total. The lowest BCUT2D eigenvalue weighted by Crippen LogP contribution is -2.38. The molecule has 0 saturated carbocycles. The van der Waals surface area contributed by atoms with E-state index in [1.807, 2.05) is 0 Å². The van der Waals surface area contributed by atoms with Gasteiger partial charge in [-0.25, -0.2) is 0 Å². The van der Waals surface area contributed by atoms with Crippen molar-refractivity contribution in [1.82, 2.24) is 0 Å². The lowest BCUT2D eigenvalue weighted by molar-refractivity contribution is -0.142. The molecule has 0 heterocycles. The predicted octanol–water partition coefficient (Wildman–Crippen LogP) is 0.114. The van der Waals surface area contributed by atoms with Crippen molar-refractivity contribution in [3.63, 3.8) is 0 Å². The summed E-state index contributed by atoms with van der Waals surface area (Å²) in [6.07, 6.45) is 0. The maximum Gasteiger partial charge on any atom is 0.324 e. The van der Waals surface area contributed by atoms with E-state index >= 15 is 0 Å². The van der Waals surface area contributed by atoms with Gasteiger partial charge in [0.2, 0.25) is 0 Å². The van der Waals surface area contributed by atoms with E-state index in [1.54, 1.807) is 6.92 Å². The van der Waals surface area contributed by atoms with E-state index in [9.17, 15) is 4.79 Å². The zero-order valence-electron chi connectivity index (χ0n) is 5.43. The quantitative estimate of drug-likeness (QED) is 0.451. The average Bonchev–Trinajstić information content (AvgIpc) is 1.84. The summed E-state index contributed by atoms with van der Waals surface area (Å²) in [5.41, 5.74) is 5.26. The Balaban J connectivity index is 3.72. The van der Waals surface area contributed by atoms with Gasteiger partial charge in [0, 0.05) is 0 Å². The summed E-state index contributed by atoms with van der Waals surface area (Å²) in [5.74, 6) is -0.475. The van der Waals surface area contributed by atoms with Crippen LogP contribution in [-0.2, 0) is 9.53 Å². The third-order valence-corrected chi connectivity index (χ3v) is 1.24. The fraction of sp³-hybridized carbons (Fsp3) is 0.800. The minimum atomic E-state index is -0.711. The molecule has 9 heavy (non-hydrogen) atoms. The molecular formula is C5H10ClNO2. The summed E-state index contributed by atoms with van der Waals surface area (Å²) >= 11 is 5.48. The number of hydrogen-bond donors (Lipinski definition) is 1. The Morgan fingerprint density at radius 2 is 2.22 bits per heavy atom. The van der Waals surface area contributed by atoms with Crippen molar-refractivity contribution in [1.29, 1.82) is 0 Å². The molecule has 0 aromatic carbocycles. The normalized spacial score (nSPS) is 16.4. The molecule has 0 aromatic heterocycles. The highest BCUT2D eigenvalue weighted by atomic mass is 35.5. The fourth-order valence-corrected chi connectivity index (χ4v) is 0.426. The summed E-state index contributed by atoms with van der Waals surface area (Å²) in [7, 11) is 1.28. The van der Waals surface area contributed by atoms with Crippen LogP contribution in [0.1, 0.15) is 6.92 Å². The molecule has 0 amide bonds. The molecule has 0 aliphatic rings. The zero-order valence-corrected chi connectivity index (χ0v) is 6.18. The molecule has 0 fully saturated rings. The molecule has 0 bridgehead atoms. The van der Waals surface area contributed by atoms with Crippen molar-refractivity contribution in [3.05, 3.63) is 0 Å². The van der Waals surface area contributed by atoms with Gasteiger partial charge in [-0.3, -0.25) is 4.79 Å². The van der Waals surface area contributed by atoms with Gasteiger partial charge in [-0.1, -0.05) is 0 Å². The molecule has 2 N–H and O–H groups in total. The number of carbonyl (C=O) groups excluding carboxylic acids is 1. The Morgan fingerprint density at radius 1 is 1.78 bits per heavy atom. The van der Waals surface area contributed by atoms with E-state index in [0.717, 1.165) is 0 Å². The van der Waals surface area contributed by atoms with Crippen LogP contribution < -0.4 is 5.73 Å². The molecule has 0 spiro atoms. The number of ether oxygens (including phenoxy) is 1. The maximum absolute atomic E-state index is 10.5. The summed E-state index contributed by atoms with van der Waals surface area (Å²) in [6, 6.07) is -0.711. The van der Waals surface area contributed by atoms with Gasteiger partial charge in [0.1, 0.15) is 6.04 Å². The van der Waals surface area contributed by atoms with Crippen molar-refractivity contribution in [3.8, 4) is 0 Å². The monoisotopic (exact) mass is 151 g/mol. The first kappa shape index (κ1) is 8.72. The minimum Gasteiger partial charge on any atom is -0.468 e. The van der Waals surface area contributed by atoms with E-state index in [2.05, 4.69) is 4.74 Å². The van der Waals surface area contributed by atoms with E-state index in [1.165, 1.54) is 7.11 Å². The smallest absolute Gasteiger partial charge is 0.324 e. The van der Waals surface area contributed by atoms with Gasteiger partial charge in [-0.05, 0) is 6.92 Å². The van der Waals surface area contributed by atoms with Gasteiger partial charge < -0.3 is 10.5 Å². The summed E-state index contributed by atoms with van der Waals surface area (Å²) < 4.78 is 4.32. The molecule has 0 aliphatic heterocycles. The van der Waals surface area contributed by atoms with Crippen LogP contribution in [0.4, 0.5) is 0 Å². The molecule has 0 aliphatic carbocycles. The first-order valence-corrected chi connectivity index (χ1v) is 3.00. The van der Waals surface area contributed by atoms with Crippen LogP contribution in [0.25, 0.3) is 0 Å². The lowest BCUT2D eigenvalue weighted by Gasteiger charge is -2.09. The van der Waals surface area contributed by atoms with Gasteiger partial charge in [0.15, 0.2) is 0 Å². The summed E-state index contributed by atoms with van der Waals surface area (Å²) in [5, 5.41) is -0.377. The van der Waals surface area contributed by atoms with Crippen LogP contribution in [0.2, 0.25) is 0 Å². The Morgan fingerprint density at radius 3 is 2.33 bits per heavy atom. The largest absolute Gasteiger partial charge is 0.468 e. The number of alkyl halides is 1. The van der Waals surface area contributed by atoms with Gasteiger partial charge in [0.25, 0.3) is 0 Å². The molecule has 0 aromatic rings. The molecule has 54 valence electrons. The summed E-state index contributed by atoms with van der Waals surface area (Å²) in [6.45, 7) is 1.64. The predicted molar refractivity (Wildman–Crippen MR) is 35.3 cm³/mol. The van der Waals surface area contributed by atoms with Gasteiger partial charge in [-0.2, -0.15) is 0 Å². The molecule has 4 heteroatoms. The third-order valence-electron chi connectivity index (χ3n) is 0.968. The second kappa shape index (κ2) is 3.69. The van der Waals surface area contributed by atoms with Gasteiger partial charge in [-0.15, -0.1) is 11.6 Å². The van der Waals surface area contributed by atoms with Crippen LogP contribution in [0.3, 0.4) is 0 Å². The van der Waals surface area contributed by atoms with Crippen LogP contribution >= 0.6 is 11.6 Å². The second-order valence-corrected chi connectivity index (χ2v) is 2.41. The molecule has 2 atom stereocenters. The number of halogens is 1. The first-order chi connectivity index (χ1) is 4.09. The average molecular weight is 152 g/mol. The summed E-state index contributed by atoms with van der Waals surface area (Å²) in [4.78, 5) is 10.5. The van der Waals surface area contributed by atoms with Crippen molar-refractivity contribution in [2.24, 2.45) is 5.73 Å². The Hall–Kier alpha value is -0.280. The Kier molecular flexibility index (Phi) is 3.58. The van der Waals surface area contributed by atoms with E-state index in [4.69, 9.17) is 17.3 Å². The van der Waals surface area contributed by atoms with Crippen molar-refractivity contribution in [2.75, 3.05) is 7.11 Å². The number of hydrogen-bond acceptors (Lipinski definition) is 3. The number of esters is 1. The molecule has 0 rings (SSSR count). The third kappa shape index (κ3) is 2.67. The molecule has 0 saturated heterocycles. The minimum absolute atomic E-state index is 0.377. The number of methoxy groups -OCH3 is 1.